The third-order valence-electron chi connectivity index (χ3n) is 3.22. The molecular formula is C14H16N2O2S. The number of benzene rings is 1. The van der Waals surface area contributed by atoms with E-state index in [1.165, 1.54) is 0 Å². The second kappa shape index (κ2) is 5.98. The number of hydrogen-bond donors (Lipinski definition) is 1. The van der Waals surface area contributed by atoms with Crippen molar-refractivity contribution in [2.24, 2.45) is 0 Å². The van der Waals surface area contributed by atoms with Gasteiger partial charge in [-0.25, -0.2) is 0 Å². The Kier molecular flexibility index (Phi) is 4.33. The van der Waals surface area contributed by atoms with E-state index in [1.54, 1.807) is 11.8 Å². The molecule has 1 saturated heterocycles. The number of rotatable bonds is 3. The lowest BCUT2D eigenvalue weighted by Gasteiger charge is -2.37. The van der Waals surface area contributed by atoms with Gasteiger partial charge in [-0.2, -0.15) is 17.0 Å². The highest BCUT2D eigenvalue weighted by Gasteiger charge is 2.26. The Balaban J connectivity index is 2.34. The van der Waals surface area contributed by atoms with Gasteiger partial charge in [0.15, 0.2) is 0 Å². The Morgan fingerprint density at radius 3 is 3.11 bits per heavy atom. The zero-order valence-electron chi connectivity index (χ0n) is 10.8. The molecule has 2 rings (SSSR count). The average Bonchev–Trinajstić information content (AvgIpc) is 2.38. The fourth-order valence-electron chi connectivity index (χ4n) is 2.32. The highest BCUT2D eigenvalue weighted by molar-refractivity contribution is 7.99. The summed E-state index contributed by atoms with van der Waals surface area (Å²) in [4.78, 5) is 13.0. The van der Waals surface area contributed by atoms with Gasteiger partial charge in [-0.1, -0.05) is 6.07 Å². The van der Waals surface area contributed by atoms with Crippen molar-refractivity contribution >= 4 is 23.4 Å². The number of carbonyl (C=O) groups is 1. The predicted molar refractivity (Wildman–Crippen MR) is 76.6 cm³/mol. The minimum Gasteiger partial charge on any atom is -0.481 e. The zero-order chi connectivity index (χ0) is 13.8. The summed E-state index contributed by atoms with van der Waals surface area (Å²) in [5, 5.41) is 18.2. The van der Waals surface area contributed by atoms with E-state index in [1.807, 2.05) is 25.1 Å². The molecule has 1 fully saturated rings. The van der Waals surface area contributed by atoms with Crippen molar-refractivity contribution in [3.8, 4) is 6.07 Å². The van der Waals surface area contributed by atoms with Gasteiger partial charge >= 0.3 is 5.97 Å². The molecule has 1 aliphatic heterocycles. The monoisotopic (exact) mass is 276 g/mol. The number of aryl methyl sites for hydroxylation is 1. The Labute approximate surface area is 117 Å². The number of hydrogen-bond acceptors (Lipinski definition) is 4. The molecule has 19 heavy (non-hydrogen) atoms. The second-order valence-corrected chi connectivity index (χ2v) is 5.80. The zero-order valence-corrected chi connectivity index (χ0v) is 11.6. The van der Waals surface area contributed by atoms with Gasteiger partial charge in [-0.15, -0.1) is 0 Å². The standard InChI is InChI=1S/C14H16N2O2S/c1-10-2-3-11(8-15)13(6-10)16-4-5-19-9-12(16)7-14(17)18/h2-3,6,12H,4-5,7,9H2,1H3,(H,17,18). The number of carboxylic acid groups (broad SMARTS) is 1. The molecule has 4 nitrogen and oxygen atoms in total. The summed E-state index contributed by atoms with van der Waals surface area (Å²) in [5.74, 6) is 0.976. The lowest BCUT2D eigenvalue weighted by Crippen LogP contribution is -2.44. The van der Waals surface area contributed by atoms with Crippen molar-refractivity contribution in [1.82, 2.24) is 0 Å². The van der Waals surface area contributed by atoms with Crippen LogP contribution < -0.4 is 4.90 Å². The predicted octanol–water partition coefficient (Wildman–Crippen LogP) is 2.26. The van der Waals surface area contributed by atoms with Gasteiger partial charge in [0, 0.05) is 24.1 Å². The molecular weight excluding hydrogens is 260 g/mol. The highest BCUT2D eigenvalue weighted by Crippen LogP contribution is 2.29. The molecule has 100 valence electrons. The van der Waals surface area contributed by atoms with E-state index in [-0.39, 0.29) is 12.5 Å². The van der Waals surface area contributed by atoms with Gasteiger partial charge in [0.2, 0.25) is 0 Å². The maximum atomic E-state index is 11.0. The van der Waals surface area contributed by atoms with Gasteiger partial charge in [0.05, 0.1) is 17.7 Å². The van der Waals surface area contributed by atoms with Crippen LogP contribution in [0.3, 0.4) is 0 Å². The average molecular weight is 276 g/mol. The van der Waals surface area contributed by atoms with Crippen LogP contribution in [-0.2, 0) is 4.79 Å². The van der Waals surface area contributed by atoms with Crippen LogP contribution in [0, 0.1) is 18.3 Å². The number of thioether (sulfide) groups is 1. The van der Waals surface area contributed by atoms with Crippen LogP contribution in [0.25, 0.3) is 0 Å². The molecule has 1 atom stereocenters. The van der Waals surface area contributed by atoms with E-state index in [2.05, 4.69) is 11.0 Å². The van der Waals surface area contributed by atoms with E-state index >= 15 is 0 Å². The third-order valence-corrected chi connectivity index (χ3v) is 4.31. The van der Waals surface area contributed by atoms with Gasteiger partial charge in [0.1, 0.15) is 6.07 Å². The Hall–Kier alpha value is -1.67. The van der Waals surface area contributed by atoms with Crippen LogP contribution in [0.5, 0.6) is 0 Å². The highest BCUT2D eigenvalue weighted by atomic mass is 32.2. The normalized spacial score (nSPS) is 18.9. The molecule has 1 unspecified atom stereocenters. The Bertz CT molecular complexity index is 525. The van der Waals surface area contributed by atoms with Gasteiger partial charge in [-0.05, 0) is 24.6 Å². The van der Waals surface area contributed by atoms with E-state index < -0.39 is 5.97 Å². The lowest BCUT2D eigenvalue weighted by molar-refractivity contribution is -0.137. The number of nitriles is 1. The Morgan fingerprint density at radius 2 is 2.42 bits per heavy atom. The quantitative estimate of drug-likeness (QED) is 0.917. The molecule has 0 aromatic heterocycles. The number of carboxylic acids is 1. The fraction of sp³-hybridized carbons (Fsp3) is 0.429. The lowest BCUT2D eigenvalue weighted by atomic mass is 10.1. The molecule has 0 radical (unpaired) electrons. The van der Waals surface area contributed by atoms with Crippen LogP contribution >= 0.6 is 11.8 Å². The van der Waals surface area contributed by atoms with Crippen molar-refractivity contribution < 1.29 is 9.90 Å². The third kappa shape index (κ3) is 3.21. The van der Waals surface area contributed by atoms with Crippen LogP contribution in [0.1, 0.15) is 17.5 Å². The summed E-state index contributed by atoms with van der Waals surface area (Å²) in [6.45, 7) is 2.77. The fourth-order valence-corrected chi connectivity index (χ4v) is 3.38. The van der Waals surface area contributed by atoms with Crippen LogP contribution in [0.4, 0.5) is 5.69 Å². The summed E-state index contributed by atoms with van der Waals surface area (Å²) in [6.07, 6.45) is 0.117. The minimum atomic E-state index is -0.788. The van der Waals surface area contributed by atoms with Gasteiger partial charge < -0.3 is 10.0 Å². The van der Waals surface area contributed by atoms with Crippen molar-refractivity contribution in [1.29, 1.82) is 5.26 Å². The first-order valence-electron chi connectivity index (χ1n) is 6.18. The smallest absolute Gasteiger partial charge is 0.305 e. The number of nitrogens with zero attached hydrogens (tertiary/aromatic N) is 2. The molecule has 1 aliphatic rings. The molecule has 1 heterocycles. The second-order valence-electron chi connectivity index (χ2n) is 4.65. The molecule has 0 aliphatic carbocycles. The van der Waals surface area contributed by atoms with Crippen molar-refractivity contribution in [3.05, 3.63) is 29.3 Å². The minimum absolute atomic E-state index is 0.0369. The largest absolute Gasteiger partial charge is 0.481 e. The summed E-state index contributed by atoms with van der Waals surface area (Å²) in [6, 6.07) is 7.86. The van der Waals surface area contributed by atoms with E-state index in [0.717, 1.165) is 29.3 Å². The summed E-state index contributed by atoms with van der Waals surface area (Å²) in [5.41, 5.74) is 2.57. The topological polar surface area (TPSA) is 64.3 Å². The van der Waals surface area contributed by atoms with Crippen LogP contribution in [0.15, 0.2) is 18.2 Å². The molecule has 1 aromatic carbocycles. The summed E-state index contributed by atoms with van der Waals surface area (Å²) < 4.78 is 0. The first-order valence-corrected chi connectivity index (χ1v) is 7.34. The molecule has 0 bridgehead atoms. The van der Waals surface area contributed by atoms with Gasteiger partial charge in [-0.3, -0.25) is 4.79 Å². The molecule has 1 aromatic rings. The van der Waals surface area contributed by atoms with Gasteiger partial charge in [0.25, 0.3) is 0 Å². The van der Waals surface area contributed by atoms with Crippen molar-refractivity contribution in [2.75, 3.05) is 23.0 Å². The molecule has 1 N–H and O–H groups in total. The SMILES string of the molecule is Cc1ccc(C#N)c(N2CCSCC2CC(=O)O)c1. The van der Waals surface area contributed by atoms with E-state index in [9.17, 15) is 10.1 Å². The molecule has 0 amide bonds. The summed E-state index contributed by atoms with van der Waals surface area (Å²) in [7, 11) is 0. The van der Waals surface area contributed by atoms with Crippen molar-refractivity contribution in [2.45, 2.75) is 19.4 Å². The molecule has 5 heteroatoms. The number of anilines is 1. The Morgan fingerprint density at radius 1 is 1.63 bits per heavy atom. The maximum absolute atomic E-state index is 11.0. The van der Waals surface area contributed by atoms with Crippen molar-refractivity contribution in [3.63, 3.8) is 0 Å². The van der Waals surface area contributed by atoms with Crippen LogP contribution in [0.2, 0.25) is 0 Å². The first kappa shape index (κ1) is 13.8. The van der Waals surface area contributed by atoms with E-state index in [0.29, 0.717) is 5.56 Å². The first-order chi connectivity index (χ1) is 9.11. The summed E-state index contributed by atoms with van der Waals surface area (Å²) >= 11 is 1.77. The number of aliphatic carboxylic acids is 1. The maximum Gasteiger partial charge on any atom is 0.305 e. The van der Waals surface area contributed by atoms with Crippen LogP contribution in [-0.4, -0.2) is 35.2 Å². The van der Waals surface area contributed by atoms with E-state index in [4.69, 9.17) is 5.11 Å². The molecule has 0 saturated carbocycles. The molecule has 0 spiro atoms.